The molecule has 0 unspecified atom stereocenters. The van der Waals surface area contributed by atoms with Crippen LogP contribution in [-0.2, 0) is 4.74 Å². The summed E-state index contributed by atoms with van der Waals surface area (Å²) < 4.78 is 6.76. The van der Waals surface area contributed by atoms with E-state index in [4.69, 9.17) is 4.74 Å². The third-order valence-electron chi connectivity index (χ3n) is 3.66. The number of aromatic hydroxyl groups is 1. The summed E-state index contributed by atoms with van der Waals surface area (Å²) in [6.07, 6.45) is 1.79. The molecule has 0 aliphatic rings. The molecular weight excluding hydrogens is 320 g/mol. The Hall–Kier alpha value is -3.22. The number of nitrogens with zero attached hydrogens (tertiary/aromatic N) is 4. The zero-order chi connectivity index (χ0) is 18.0. The fraction of sp³-hybridized carbons (Fsp3) is 0.222. The van der Waals surface area contributed by atoms with E-state index in [1.165, 1.54) is 6.07 Å². The Labute approximate surface area is 144 Å². The van der Waals surface area contributed by atoms with Crippen LogP contribution in [0.3, 0.4) is 0 Å². The van der Waals surface area contributed by atoms with Crippen molar-refractivity contribution in [1.82, 2.24) is 9.38 Å². The van der Waals surface area contributed by atoms with Gasteiger partial charge in [0.05, 0.1) is 12.3 Å². The van der Waals surface area contributed by atoms with Crippen LogP contribution in [0.1, 0.15) is 28.5 Å². The van der Waals surface area contributed by atoms with E-state index in [-0.39, 0.29) is 18.1 Å². The Kier molecular flexibility index (Phi) is 4.47. The van der Waals surface area contributed by atoms with E-state index < -0.39 is 5.97 Å². The molecule has 2 heterocycles. The number of hydrogen-bond acceptors (Lipinski definition) is 6. The lowest BCUT2D eigenvalue weighted by atomic mass is 10.2. The van der Waals surface area contributed by atoms with Crippen LogP contribution in [0.2, 0.25) is 0 Å². The first-order valence-electron chi connectivity index (χ1n) is 7.86. The molecular formula is C18H18N4O3. The summed E-state index contributed by atoms with van der Waals surface area (Å²) in [5, 5.41) is 17.9. The number of hydrogen-bond donors (Lipinski definition) is 1. The van der Waals surface area contributed by atoms with Crippen LogP contribution in [0, 0.1) is 13.8 Å². The van der Waals surface area contributed by atoms with Crippen LogP contribution in [0.4, 0.5) is 11.5 Å². The van der Waals surface area contributed by atoms with Gasteiger partial charge in [-0.05, 0) is 62.2 Å². The van der Waals surface area contributed by atoms with E-state index in [1.807, 2.05) is 26.0 Å². The number of benzene rings is 1. The van der Waals surface area contributed by atoms with Crippen molar-refractivity contribution in [3.05, 3.63) is 53.3 Å². The SMILES string of the molecule is CCOC(=O)c1nc2cc(C)ccn2c1N=Nc1ccc(O)cc1C. The van der Waals surface area contributed by atoms with Gasteiger partial charge in [-0.15, -0.1) is 10.2 Å². The van der Waals surface area contributed by atoms with Crippen molar-refractivity contribution in [1.29, 1.82) is 0 Å². The molecule has 0 saturated carbocycles. The molecule has 0 bridgehead atoms. The summed E-state index contributed by atoms with van der Waals surface area (Å²) in [5.41, 5.74) is 3.10. The van der Waals surface area contributed by atoms with Crippen molar-refractivity contribution in [2.45, 2.75) is 20.8 Å². The van der Waals surface area contributed by atoms with E-state index in [0.29, 0.717) is 17.2 Å². The number of fused-ring (bicyclic) bond motifs is 1. The molecule has 3 rings (SSSR count). The molecule has 7 nitrogen and oxygen atoms in total. The molecule has 0 spiro atoms. The van der Waals surface area contributed by atoms with E-state index in [2.05, 4.69) is 15.2 Å². The number of carbonyl (C=O) groups is 1. The third kappa shape index (κ3) is 3.35. The van der Waals surface area contributed by atoms with Crippen LogP contribution in [0.15, 0.2) is 46.8 Å². The van der Waals surface area contributed by atoms with Gasteiger partial charge < -0.3 is 9.84 Å². The number of pyridine rings is 1. The smallest absolute Gasteiger partial charge is 0.360 e. The summed E-state index contributed by atoms with van der Waals surface area (Å²) in [5.74, 6) is -0.0740. The average molecular weight is 338 g/mol. The maximum atomic E-state index is 12.2. The normalized spacial score (nSPS) is 11.3. The van der Waals surface area contributed by atoms with E-state index in [0.717, 1.165) is 11.1 Å². The highest BCUT2D eigenvalue weighted by molar-refractivity contribution is 5.93. The molecule has 0 aliphatic heterocycles. The van der Waals surface area contributed by atoms with Crippen LogP contribution >= 0.6 is 0 Å². The number of carbonyl (C=O) groups excluding carboxylic acids is 1. The number of aromatic nitrogens is 2. The fourth-order valence-electron chi connectivity index (χ4n) is 2.42. The highest BCUT2D eigenvalue weighted by Crippen LogP contribution is 2.28. The Morgan fingerprint density at radius 2 is 2.04 bits per heavy atom. The molecule has 0 fully saturated rings. The first-order chi connectivity index (χ1) is 12.0. The van der Waals surface area contributed by atoms with Crippen molar-refractivity contribution >= 4 is 23.1 Å². The molecule has 0 atom stereocenters. The predicted octanol–water partition coefficient (Wildman–Crippen LogP) is 4.25. The van der Waals surface area contributed by atoms with Gasteiger partial charge in [-0.1, -0.05) is 0 Å². The van der Waals surface area contributed by atoms with Crippen molar-refractivity contribution in [3.63, 3.8) is 0 Å². The minimum Gasteiger partial charge on any atom is -0.508 e. The fourth-order valence-corrected chi connectivity index (χ4v) is 2.42. The number of phenolic OH excluding ortho intramolecular Hbond substituents is 1. The van der Waals surface area contributed by atoms with Crippen molar-refractivity contribution < 1.29 is 14.6 Å². The van der Waals surface area contributed by atoms with E-state index in [1.54, 1.807) is 29.7 Å². The molecule has 25 heavy (non-hydrogen) atoms. The molecule has 128 valence electrons. The quantitative estimate of drug-likeness (QED) is 0.569. The zero-order valence-electron chi connectivity index (χ0n) is 14.2. The lowest BCUT2D eigenvalue weighted by molar-refractivity contribution is 0.0521. The number of aryl methyl sites for hydroxylation is 2. The van der Waals surface area contributed by atoms with Gasteiger partial charge in [-0.25, -0.2) is 9.78 Å². The lowest BCUT2D eigenvalue weighted by Gasteiger charge is -2.01. The first-order valence-corrected chi connectivity index (χ1v) is 7.86. The van der Waals surface area contributed by atoms with Gasteiger partial charge in [0.15, 0.2) is 11.5 Å². The van der Waals surface area contributed by atoms with Crippen LogP contribution < -0.4 is 0 Å². The number of azo groups is 1. The second-order valence-corrected chi connectivity index (χ2v) is 5.61. The molecule has 3 aromatic rings. The predicted molar refractivity (Wildman–Crippen MR) is 92.9 cm³/mol. The molecule has 0 aliphatic carbocycles. The summed E-state index contributed by atoms with van der Waals surface area (Å²) in [6, 6.07) is 8.54. The maximum absolute atomic E-state index is 12.2. The van der Waals surface area contributed by atoms with Gasteiger partial charge in [0.2, 0.25) is 0 Å². The number of imidazole rings is 1. The van der Waals surface area contributed by atoms with Crippen LogP contribution in [0.25, 0.3) is 5.65 Å². The van der Waals surface area contributed by atoms with Gasteiger partial charge in [0, 0.05) is 6.20 Å². The highest BCUT2D eigenvalue weighted by atomic mass is 16.5. The Balaban J connectivity index is 2.11. The van der Waals surface area contributed by atoms with Gasteiger partial charge in [0.1, 0.15) is 11.4 Å². The minimum absolute atomic E-state index is 0.118. The summed E-state index contributed by atoms with van der Waals surface area (Å²) in [7, 11) is 0. The number of esters is 1. The third-order valence-corrected chi connectivity index (χ3v) is 3.66. The number of ether oxygens (including phenoxy) is 1. The maximum Gasteiger partial charge on any atom is 0.360 e. The van der Waals surface area contributed by atoms with Gasteiger partial charge >= 0.3 is 5.97 Å². The first kappa shape index (κ1) is 16.6. The molecule has 1 aromatic carbocycles. The highest BCUT2D eigenvalue weighted by Gasteiger charge is 2.20. The second-order valence-electron chi connectivity index (χ2n) is 5.61. The molecule has 2 aromatic heterocycles. The molecule has 1 N–H and O–H groups in total. The van der Waals surface area contributed by atoms with Gasteiger partial charge in [-0.3, -0.25) is 4.40 Å². The van der Waals surface area contributed by atoms with Crippen molar-refractivity contribution in [2.75, 3.05) is 6.61 Å². The summed E-state index contributed by atoms with van der Waals surface area (Å²) >= 11 is 0. The van der Waals surface area contributed by atoms with E-state index in [9.17, 15) is 9.90 Å². The largest absolute Gasteiger partial charge is 0.508 e. The number of phenols is 1. The standard InChI is InChI=1S/C18H18N4O3/c1-4-25-18(24)16-17(22-8-7-11(2)9-15(22)19-16)21-20-14-6-5-13(23)10-12(14)3/h5-10,23H,4H2,1-3H3. The van der Waals surface area contributed by atoms with E-state index >= 15 is 0 Å². The Morgan fingerprint density at radius 3 is 2.76 bits per heavy atom. The Bertz CT molecular complexity index is 976. The molecule has 0 radical (unpaired) electrons. The molecule has 0 amide bonds. The zero-order valence-corrected chi connectivity index (χ0v) is 14.2. The van der Waals surface area contributed by atoms with Gasteiger partial charge in [0.25, 0.3) is 0 Å². The van der Waals surface area contributed by atoms with Gasteiger partial charge in [-0.2, -0.15) is 0 Å². The average Bonchev–Trinajstić information content (AvgIpc) is 2.92. The minimum atomic E-state index is -0.541. The topological polar surface area (TPSA) is 88.5 Å². The Morgan fingerprint density at radius 1 is 1.24 bits per heavy atom. The second kappa shape index (κ2) is 6.72. The molecule has 7 heteroatoms. The summed E-state index contributed by atoms with van der Waals surface area (Å²) in [4.78, 5) is 16.5. The van der Waals surface area contributed by atoms with Crippen LogP contribution in [0.5, 0.6) is 5.75 Å². The monoisotopic (exact) mass is 338 g/mol. The summed E-state index contributed by atoms with van der Waals surface area (Å²) in [6.45, 7) is 5.75. The van der Waals surface area contributed by atoms with Crippen molar-refractivity contribution in [2.24, 2.45) is 10.2 Å². The number of rotatable bonds is 4. The molecule has 0 saturated heterocycles. The van der Waals surface area contributed by atoms with Crippen molar-refractivity contribution in [3.8, 4) is 5.75 Å². The lowest BCUT2D eigenvalue weighted by Crippen LogP contribution is -2.05. The van der Waals surface area contributed by atoms with Crippen LogP contribution in [-0.4, -0.2) is 27.1 Å².